The van der Waals surface area contributed by atoms with Gasteiger partial charge in [0.25, 0.3) is 0 Å². The van der Waals surface area contributed by atoms with Crippen molar-refractivity contribution >= 4 is 28.2 Å². The van der Waals surface area contributed by atoms with E-state index in [1.807, 2.05) is 42.5 Å². The Kier molecular flexibility index (Phi) is 3.19. The number of hydrogen-bond donors (Lipinski definition) is 1. The molecule has 0 heterocycles. The number of amides is 1. The molecule has 0 aliphatic heterocycles. The number of anilines is 1. The predicted molar refractivity (Wildman–Crippen MR) is 67.9 cm³/mol. The third-order valence-corrected chi connectivity index (χ3v) is 2.47. The fraction of sp³-hybridized carbons (Fsp3) is 0.143. The van der Waals surface area contributed by atoms with E-state index in [1.165, 1.54) is 6.92 Å². The van der Waals surface area contributed by atoms with Gasteiger partial charge in [0.2, 0.25) is 5.91 Å². The Bertz CT molecular complexity index is 570. The number of hydrogen-bond acceptors (Lipinski definition) is 2. The van der Waals surface area contributed by atoms with E-state index < -0.39 is 0 Å². The summed E-state index contributed by atoms with van der Waals surface area (Å²) in [6.07, 6.45) is -0.0801. The van der Waals surface area contributed by atoms with Crippen LogP contribution in [-0.2, 0) is 9.59 Å². The number of fused-ring (bicyclic) bond motifs is 1. The first-order chi connectivity index (χ1) is 8.16. The number of rotatable bonds is 3. The molecule has 17 heavy (non-hydrogen) atoms. The van der Waals surface area contributed by atoms with Gasteiger partial charge < -0.3 is 5.32 Å². The predicted octanol–water partition coefficient (Wildman–Crippen LogP) is 2.76. The van der Waals surface area contributed by atoms with E-state index >= 15 is 0 Å². The first kappa shape index (κ1) is 11.3. The number of Topliss-reactive ketones (excluding diaryl/α,β-unsaturated/α-hetero) is 1. The Morgan fingerprint density at radius 3 is 2.53 bits per heavy atom. The zero-order chi connectivity index (χ0) is 12.3. The molecule has 0 aliphatic rings. The van der Waals surface area contributed by atoms with Crippen LogP contribution >= 0.6 is 0 Å². The van der Waals surface area contributed by atoms with Gasteiger partial charge in [-0.1, -0.05) is 36.4 Å². The van der Waals surface area contributed by atoms with Crippen molar-refractivity contribution in [2.45, 2.75) is 13.3 Å². The summed E-state index contributed by atoms with van der Waals surface area (Å²) in [5.74, 6) is -0.406. The van der Waals surface area contributed by atoms with Crippen molar-refractivity contribution in [3.05, 3.63) is 42.5 Å². The summed E-state index contributed by atoms with van der Waals surface area (Å²) in [7, 11) is 0. The molecule has 0 spiro atoms. The minimum Gasteiger partial charge on any atom is -0.325 e. The van der Waals surface area contributed by atoms with Gasteiger partial charge in [-0.3, -0.25) is 9.59 Å². The first-order valence-electron chi connectivity index (χ1n) is 5.44. The lowest BCUT2D eigenvalue weighted by Crippen LogP contribution is -2.14. The van der Waals surface area contributed by atoms with Gasteiger partial charge in [0.15, 0.2) is 0 Å². The lowest BCUT2D eigenvalue weighted by molar-refractivity contribution is -0.124. The van der Waals surface area contributed by atoms with Crippen molar-refractivity contribution in [3.63, 3.8) is 0 Å². The normalized spacial score (nSPS) is 10.2. The number of carbonyl (C=O) groups excluding carboxylic acids is 2. The van der Waals surface area contributed by atoms with Gasteiger partial charge >= 0.3 is 0 Å². The summed E-state index contributed by atoms with van der Waals surface area (Å²) < 4.78 is 0. The molecule has 0 aromatic heterocycles. The number of carbonyl (C=O) groups is 2. The van der Waals surface area contributed by atoms with Crippen LogP contribution in [0.15, 0.2) is 42.5 Å². The molecule has 0 radical (unpaired) electrons. The molecule has 0 bridgehead atoms. The third kappa shape index (κ3) is 2.69. The maximum Gasteiger partial charge on any atom is 0.231 e. The molecule has 0 unspecified atom stereocenters. The summed E-state index contributed by atoms with van der Waals surface area (Å²) in [6, 6.07) is 13.5. The number of ketones is 1. The molecule has 86 valence electrons. The van der Waals surface area contributed by atoms with E-state index in [4.69, 9.17) is 0 Å². The van der Waals surface area contributed by atoms with Crippen LogP contribution in [0.1, 0.15) is 13.3 Å². The lowest BCUT2D eigenvalue weighted by Gasteiger charge is -2.07. The van der Waals surface area contributed by atoms with Gasteiger partial charge in [-0.2, -0.15) is 0 Å². The number of benzene rings is 2. The molecular weight excluding hydrogens is 214 g/mol. The Balaban J connectivity index is 2.30. The van der Waals surface area contributed by atoms with Gasteiger partial charge in [-0.05, 0) is 18.4 Å². The zero-order valence-corrected chi connectivity index (χ0v) is 9.57. The van der Waals surface area contributed by atoms with E-state index in [2.05, 4.69) is 5.32 Å². The highest BCUT2D eigenvalue weighted by Crippen LogP contribution is 2.22. The highest BCUT2D eigenvalue weighted by atomic mass is 16.2. The molecule has 2 aromatic rings. The fourth-order valence-corrected chi connectivity index (χ4v) is 1.75. The molecule has 1 amide bonds. The highest BCUT2D eigenvalue weighted by Gasteiger charge is 2.07. The second-order valence-corrected chi connectivity index (χ2v) is 3.95. The Hall–Kier alpha value is -2.16. The van der Waals surface area contributed by atoms with Crippen LogP contribution in [0.4, 0.5) is 5.69 Å². The molecule has 0 atom stereocenters. The average Bonchev–Trinajstić information content (AvgIpc) is 2.28. The lowest BCUT2D eigenvalue weighted by atomic mass is 10.1. The van der Waals surface area contributed by atoms with Gasteiger partial charge in [-0.15, -0.1) is 0 Å². The van der Waals surface area contributed by atoms with Crippen molar-refractivity contribution in [3.8, 4) is 0 Å². The molecule has 0 saturated carbocycles. The summed E-state index contributed by atoms with van der Waals surface area (Å²) in [5, 5.41) is 4.80. The third-order valence-electron chi connectivity index (χ3n) is 2.47. The molecule has 3 heteroatoms. The Morgan fingerprint density at radius 2 is 1.76 bits per heavy atom. The monoisotopic (exact) mass is 227 g/mol. The summed E-state index contributed by atoms with van der Waals surface area (Å²) in [5.41, 5.74) is 0.745. The molecule has 2 rings (SSSR count). The minimum absolute atomic E-state index is 0.0801. The second kappa shape index (κ2) is 4.78. The Labute approximate surface area is 99.4 Å². The molecule has 0 fully saturated rings. The van der Waals surface area contributed by atoms with Gasteiger partial charge in [0, 0.05) is 11.1 Å². The van der Waals surface area contributed by atoms with Crippen molar-refractivity contribution in [1.29, 1.82) is 0 Å². The topological polar surface area (TPSA) is 46.2 Å². The molecule has 3 nitrogen and oxygen atoms in total. The van der Waals surface area contributed by atoms with Crippen molar-refractivity contribution in [2.75, 3.05) is 5.32 Å². The van der Waals surface area contributed by atoms with Crippen molar-refractivity contribution in [1.82, 2.24) is 0 Å². The second-order valence-electron chi connectivity index (χ2n) is 3.95. The van der Waals surface area contributed by atoms with Gasteiger partial charge in [0.05, 0.1) is 6.42 Å². The van der Waals surface area contributed by atoms with Crippen molar-refractivity contribution in [2.24, 2.45) is 0 Å². The average molecular weight is 227 g/mol. The van der Waals surface area contributed by atoms with Crippen LogP contribution in [0.5, 0.6) is 0 Å². The highest BCUT2D eigenvalue weighted by molar-refractivity contribution is 6.07. The SMILES string of the molecule is CC(=O)CC(=O)Nc1cccc2ccccc12. The van der Waals surface area contributed by atoms with E-state index in [0.717, 1.165) is 16.5 Å². The maximum atomic E-state index is 11.5. The van der Waals surface area contributed by atoms with E-state index in [9.17, 15) is 9.59 Å². The quantitative estimate of drug-likeness (QED) is 0.819. The van der Waals surface area contributed by atoms with E-state index in [-0.39, 0.29) is 18.1 Å². The smallest absolute Gasteiger partial charge is 0.231 e. The zero-order valence-electron chi connectivity index (χ0n) is 9.57. The van der Waals surface area contributed by atoms with Crippen LogP contribution in [0.2, 0.25) is 0 Å². The van der Waals surface area contributed by atoms with Crippen LogP contribution in [-0.4, -0.2) is 11.7 Å². The molecule has 0 saturated heterocycles. The van der Waals surface area contributed by atoms with Crippen LogP contribution in [0, 0.1) is 0 Å². The molecular formula is C14H13NO2. The molecule has 2 aromatic carbocycles. The maximum absolute atomic E-state index is 11.5. The standard InChI is InChI=1S/C14H13NO2/c1-10(16)9-14(17)15-13-8-4-6-11-5-2-3-7-12(11)13/h2-8H,9H2,1H3,(H,15,17). The van der Waals surface area contributed by atoms with Gasteiger partial charge in [-0.25, -0.2) is 0 Å². The van der Waals surface area contributed by atoms with Crippen molar-refractivity contribution < 1.29 is 9.59 Å². The van der Waals surface area contributed by atoms with Crippen LogP contribution in [0.3, 0.4) is 0 Å². The summed E-state index contributed by atoms with van der Waals surface area (Å²) in [6.45, 7) is 1.41. The molecule has 0 aliphatic carbocycles. The van der Waals surface area contributed by atoms with Crippen LogP contribution < -0.4 is 5.32 Å². The largest absolute Gasteiger partial charge is 0.325 e. The summed E-state index contributed by atoms with van der Waals surface area (Å²) in [4.78, 5) is 22.4. The Morgan fingerprint density at radius 1 is 1.06 bits per heavy atom. The molecule has 1 N–H and O–H groups in total. The fourth-order valence-electron chi connectivity index (χ4n) is 1.75. The minimum atomic E-state index is -0.270. The summed E-state index contributed by atoms with van der Waals surface area (Å²) >= 11 is 0. The van der Waals surface area contributed by atoms with Crippen LogP contribution in [0.25, 0.3) is 10.8 Å². The first-order valence-corrected chi connectivity index (χ1v) is 5.44. The van der Waals surface area contributed by atoms with E-state index in [1.54, 1.807) is 0 Å². The number of nitrogens with one attached hydrogen (secondary N) is 1. The van der Waals surface area contributed by atoms with Gasteiger partial charge in [0.1, 0.15) is 5.78 Å². The van der Waals surface area contributed by atoms with E-state index in [0.29, 0.717) is 0 Å².